The Balaban J connectivity index is 2.96. The molecule has 0 radical (unpaired) electrons. The Morgan fingerprint density at radius 1 is 1.40 bits per heavy atom. The van der Waals surface area contributed by atoms with Crippen molar-refractivity contribution in [3.63, 3.8) is 0 Å². The van der Waals surface area contributed by atoms with E-state index in [9.17, 15) is 13.2 Å². The predicted molar refractivity (Wildman–Crippen MR) is 37.0 cm³/mol. The summed E-state index contributed by atoms with van der Waals surface area (Å²) in [5.74, 6) is 0. The normalized spacial score (nSPS) is 12.0. The third-order valence-corrected chi connectivity index (χ3v) is 2.58. The Morgan fingerprint density at radius 2 is 2.00 bits per heavy atom. The number of halogens is 4. The lowest BCUT2D eigenvalue weighted by Gasteiger charge is -1.99. The molecule has 0 spiro atoms. The maximum atomic E-state index is 11.8. The topological polar surface area (TPSA) is 0 Å². The first-order valence-corrected chi connectivity index (χ1v) is 3.98. The van der Waals surface area contributed by atoms with Crippen molar-refractivity contribution >= 4 is 27.3 Å². The van der Waals surface area contributed by atoms with Crippen molar-refractivity contribution < 1.29 is 13.2 Å². The Hall–Kier alpha value is -0.0300. The van der Waals surface area contributed by atoms with Gasteiger partial charge in [-0.2, -0.15) is 13.2 Å². The fourth-order valence-corrected chi connectivity index (χ4v) is 1.76. The van der Waals surface area contributed by atoms with E-state index in [2.05, 4.69) is 15.9 Å². The maximum Gasteiger partial charge on any atom is 0.425 e. The summed E-state index contributed by atoms with van der Waals surface area (Å²) in [7, 11) is 0. The lowest BCUT2D eigenvalue weighted by molar-refractivity contribution is -0.134. The van der Waals surface area contributed by atoms with Crippen LogP contribution < -0.4 is 0 Å². The summed E-state index contributed by atoms with van der Waals surface area (Å²) in [6, 6.07) is 1.06. The number of rotatable bonds is 0. The van der Waals surface area contributed by atoms with Gasteiger partial charge in [0.2, 0.25) is 0 Å². The molecule has 1 aromatic rings. The van der Waals surface area contributed by atoms with Gasteiger partial charge >= 0.3 is 6.18 Å². The largest absolute Gasteiger partial charge is 0.425 e. The van der Waals surface area contributed by atoms with Gasteiger partial charge in [0.25, 0.3) is 0 Å². The van der Waals surface area contributed by atoms with Crippen molar-refractivity contribution in [1.82, 2.24) is 0 Å². The van der Waals surface area contributed by atoms with Crippen LogP contribution in [0.3, 0.4) is 0 Å². The highest BCUT2D eigenvalue weighted by Crippen LogP contribution is 2.35. The Kier molecular flexibility index (Phi) is 2.05. The molecule has 0 nitrogen and oxygen atoms in total. The van der Waals surface area contributed by atoms with E-state index >= 15 is 0 Å². The highest BCUT2D eigenvalue weighted by molar-refractivity contribution is 9.10. The molecule has 56 valence electrons. The predicted octanol–water partition coefficient (Wildman–Crippen LogP) is 3.53. The molecule has 0 aliphatic heterocycles. The average Bonchev–Trinajstić information content (AvgIpc) is 2.11. The van der Waals surface area contributed by atoms with E-state index in [0.29, 0.717) is 15.8 Å². The van der Waals surface area contributed by atoms with Crippen molar-refractivity contribution in [3.8, 4) is 0 Å². The zero-order valence-electron chi connectivity index (χ0n) is 4.57. The Labute approximate surface area is 67.8 Å². The maximum absolute atomic E-state index is 11.8. The first-order chi connectivity index (χ1) is 4.50. The van der Waals surface area contributed by atoms with Crippen LogP contribution >= 0.6 is 27.3 Å². The molecule has 0 saturated carbocycles. The van der Waals surface area contributed by atoms with Gasteiger partial charge in [-0.1, -0.05) is 0 Å². The molecular formula is C5H2BrF3S. The second-order valence-corrected chi connectivity index (χ2v) is 3.45. The van der Waals surface area contributed by atoms with Crippen molar-refractivity contribution in [2.75, 3.05) is 0 Å². The smallest absolute Gasteiger partial charge is 0.165 e. The van der Waals surface area contributed by atoms with E-state index in [1.807, 2.05) is 0 Å². The lowest BCUT2D eigenvalue weighted by Crippen LogP contribution is -2.00. The van der Waals surface area contributed by atoms with Crippen LogP contribution in [0.15, 0.2) is 15.9 Å². The van der Waals surface area contributed by atoms with Crippen LogP contribution in [0.5, 0.6) is 0 Å². The van der Waals surface area contributed by atoms with Crippen LogP contribution in [0, 0.1) is 0 Å². The second-order valence-electron chi connectivity index (χ2n) is 1.63. The standard InChI is InChI=1S/C5H2BrF3S/c6-3-1-4(10-2-3)5(7,8)9/h1-2H. The zero-order chi connectivity index (χ0) is 7.78. The summed E-state index contributed by atoms with van der Waals surface area (Å²) in [6.07, 6.45) is -4.20. The fourth-order valence-electron chi connectivity index (χ4n) is 0.462. The molecule has 0 aliphatic carbocycles. The molecule has 0 bridgehead atoms. The molecule has 0 amide bonds. The molecule has 0 aromatic carbocycles. The summed E-state index contributed by atoms with van der Waals surface area (Å²) in [5, 5.41) is 1.41. The van der Waals surface area contributed by atoms with Crippen molar-refractivity contribution in [2.24, 2.45) is 0 Å². The van der Waals surface area contributed by atoms with Crippen molar-refractivity contribution in [3.05, 3.63) is 20.8 Å². The minimum Gasteiger partial charge on any atom is -0.165 e. The van der Waals surface area contributed by atoms with Gasteiger partial charge in [-0.25, -0.2) is 0 Å². The van der Waals surface area contributed by atoms with Crippen molar-refractivity contribution in [2.45, 2.75) is 6.18 Å². The monoisotopic (exact) mass is 230 g/mol. The molecule has 1 heterocycles. The SMILES string of the molecule is FC(F)(F)c1cc(Br)cs1. The number of thiophene rings is 1. The van der Waals surface area contributed by atoms with Gasteiger partial charge in [-0.05, 0) is 22.0 Å². The van der Waals surface area contributed by atoms with Gasteiger partial charge in [-0.3, -0.25) is 0 Å². The van der Waals surface area contributed by atoms with Gasteiger partial charge in [0, 0.05) is 9.85 Å². The summed E-state index contributed by atoms with van der Waals surface area (Å²) in [6.45, 7) is 0. The van der Waals surface area contributed by atoms with Gasteiger partial charge in [-0.15, -0.1) is 11.3 Å². The van der Waals surface area contributed by atoms with E-state index < -0.39 is 11.1 Å². The lowest BCUT2D eigenvalue weighted by atomic mass is 10.5. The van der Waals surface area contributed by atoms with Crippen LogP contribution in [-0.2, 0) is 6.18 Å². The molecule has 0 unspecified atom stereocenters. The van der Waals surface area contributed by atoms with Gasteiger partial charge < -0.3 is 0 Å². The van der Waals surface area contributed by atoms with Crippen LogP contribution in [0.25, 0.3) is 0 Å². The average molecular weight is 231 g/mol. The molecule has 1 aromatic heterocycles. The summed E-state index contributed by atoms with van der Waals surface area (Å²) >= 11 is 3.62. The Bertz CT molecular complexity index is 227. The van der Waals surface area contributed by atoms with Crippen LogP contribution in [0.1, 0.15) is 4.88 Å². The van der Waals surface area contributed by atoms with E-state index in [0.717, 1.165) is 6.07 Å². The first-order valence-electron chi connectivity index (χ1n) is 2.31. The van der Waals surface area contributed by atoms with Gasteiger partial charge in [0.15, 0.2) is 0 Å². The number of alkyl halides is 3. The molecule has 0 aliphatic rings. The summed E-state index contributed by atoms with van der Waals surface area (Å²) in [4.78, 5) is -0.570. The molecule has 0 N–H and O–H groups in total. The molecular weight excluding hydrogens is 229 g/mol. The minimum absolute atomic E-state index is 0.477. The van der Waals surface area contributed by atoms with Gasteiger partial charge in [0.1, 0.15) is 4.88 Å². The third kappa shape index (κ3) is 1.73. The van der Waals surface area contributed by atoms with E-state index in [-0.39, 0.29) is 0 Å². The summed E-state index contributed by atoms with van der Waals surface area (Å²) in [5.41, 5.74) is 0. The van der Waals surface area contributed by atoms with Gasteiger partial charge in [0.05, 0.1) is 0 Å². The second kappa shape index (κ2) is 2.54. The molecule has 10 heavy (non-hydrogen) atoms. The van der Waals surface area contributed by atoms with E-state index in [1.54, 1.807) is 0 Å². The minimum atomic E-state index is -4.20. The highest BCUT2D eigenvalue weighted by Gasteiger charge is 2.31. The van der Waals surface area contributed by atoms with E-state index in [1.165, 1.54) is 5.38 Å². The Morgan fingerprint density at radius 3 is 2.20 bits per heavy atom. The molecule has 5 heteroatoms. The highest BCUT2D eigenvalue weighted by atomic mass is 79.9. The van der Waals surface area contributed by atoms with Crippen LogP contribution in [0.4, 0.5) is 13.2 Å². The van der Waals surface area contributed by atoms with Crippen LogP contribution in [0.2, 0.25) is 0 Å². The third-order valence-electron chi connectivity index (χ3n) is 0.847. The molecule has 0 fully saturated rings. The molecule has 0 saturated heterocycles. The number of hydrogen-bond acceptors (Lipinski definition) is 1. The summed E-state index contributed by atoms with van der Waals surface area (Å²) < 4.78 is 35.8. The number of hydrogen-bond donors (Lipinski definition) is 0. The van der Waals surface area contributed by atoms with Crippen LogP contribution in [-0.4, -0.2) is 0 Å². The molecule has 1 rings (SSSR count). The van der Waals surface area contributed by atoms with Crippen molar-refractivity contribution in [1.29, 1.82) is 0 Å². The molecule has 0 atom stereocenters. The first kappa shape index (κ1) is 8.07. The fraction of sp³-hybridized carbons (Fsp3) is 0.200. The van der Waals surface area contributed by atoms with E-state index in [4.69, 9.17) is 0 Å². The quantitative estimate of drug-likeness (QED) is 0.640. The zero-order valence-corrected chi connectivity index (χ0v) is 6.98.